The number of carbonyl (C=O) groups excluding carboxylic acids is 1. The van der Waals surface area contributed by atoms with Gasteiger partial charge in [-0.05, 0) is 43.3 Å². The van der Waals surface area contributed by atoms with Crippen LogP contribution in [-0.2, 0) is 6.54 Å². The summed E-state index contributed by atoms with van der Waals surface area (Å²) in [6.07, 6.45) is 0. The Hall–Kier alpha value is -3.95. The SMILES string of the molecule is CCn1c(=O)n(-c2ccc(F)cc2)c2nc(-c3cccc(F)c3F)nc(C(N)=O)c21. The average Bonchev–Trinajstić information content (AvgIpc) is 3.01. The van der Waals surface area contributed by atoms with Crippen molar-refractivity contribution in [1.82, 2.24) is 19.1 Å². The Balaban J connectivity index is 2.15. The second-order valence-corrected chi connectivity index (χ2v) is 6.37. The summed E-state index contributed by atoms with van der Waals surface area (Å²) in [7, 11) is 0. The van der Waals surface area contributed by atoms with Crippen LogP contribution in [0.3, 0.4) is 0 Å². The lowest BCUT2D eigenvalue weighted by molar-refractivity contribution is 0.0997. The fraction of sp³-hybridized carbons (Fsp3) is 0.100. The predicted molar refractivity (Wildman–Crippen MR) is 103 cm³/mol. The van der Waals surface area contributed by atoms with Crippen LogP contribution in [0, 0.1) is 17.5 Å². The topological polar surface area (TPSA) is 95.8 Å². The number of primary amides is 1. The fourth-order valence-corrected chi connectivity index (χ4v) is 3.24. The van der Waals surface area contributed by atoms with E-state index in [0.29, 0.717) is 0 Å². The number of imidazole rings is 1. The third-order valence-electron chi connectivity index (χ3n) is 4.60. The van der Waals surface area contributed by atoms with Crippen LogP contribution in [0.5, 0.6) is 0 Å². The van der Waals surface area contributed by atoms with Gasteiger partial charge in [-0.15, -0.1) is 0 Å². The van der Waals surface area contributed by atoms with Crippen LogP contribution >= 0.6 is 0 Å². The molecule has 0 bridgehead atoms. The summed E-state index contributed by atoms with van der Waals surface area (Å²) < 4.78 is 43.8. The first kappa shape index (κ1) is 19.4. The molecule has 0 aliphatic rings. The third kappa shape index (κ3) is 2.93. The molecule has 2 N–H and O–H groups in total. The van der Waals surface area contributed by atoms with Crippen LogP contribution in [0.15, 0.2) is 47.3 Å². The Morgan fingerprint density at radius 1 is 1.07 bits per heavy atom. The van der Waals surface area contributed by atoms with Crippen molar-refractivity contribution in [3.8, 4) is 17.1 Å². The number of rotatable bonds is 4. The van der Waals surface area contributed by atoms with Crippen LogP contribution in [-0.4, -0.2) is 25.0 Å². The van der Waals surface area contributed by atoms with Gasteiger partial charge in [-0.25, -0.2) is 32.5 Å². The molecule has 2 aromatic carbocycles. The van der Waals surface area contributed by atoms with Crippen molar-refractivity contribution < 1.29 is 18.0 Å². The van der Waals surface area contributed by atoms with E-state index in [9.17, 15) is 22.8 Å². The average molecular weight is 413 g/mol. The second kappa shape index (κ2) is 7.14. The quantitative estimate of drug-likeness (QED) is 0.557. The van der Waals surface area contributed by atoms with Crippen molar-refractivity contribution in [1.29, 1.82) is 0 Å². The maximum absolute atomic E-state index is 14.4. The molecule has 0 atom stereocenters. The van der Waals surface area contributed by atoms with Gasteiger partial charge in [0.1, 0.15) is 11.3 Å². The van der Waals surface area contributed by atoms with Gasteiger partial charge in [0.2, 0.25) is 0 Å². The van der Waals surface area contributed by atoms with E-state index in [0.717, 1.165) is 22.8 Å². The summed E-state index contributed by atoms with van der Waals surface area (Å²) in [5.74, 6) is -4.14. The minimum absolute atomic E-state index is 0.0416. The van der Waals surface area contributed by atoms with Crippen LogP contribution in [0.2, 0.25) is 0 Å². The first-order valence-corrected chi connectivity index (χ1v) is 8.87. The molecule has 2 heterocycles. The highest BCUT2D eigenvalue weighted by Crippen LogP contribution is 2.26. The number of hydrogen-bond acceptors (Lipinski definition) is 4. The molecule has 1 amide bonds. The zero-order valence-electron chi connectivity index (χ0n) is 15.6. The largest absolute Gasteiger partial charge is 0.364 e. The maximum Gasteiger partial charge on any atom is 0.335 e. The molecule has 7 nitrogen and oxygen atoms in total. The molecule has 2 aromatic heterocycles. The van der Waals surface area contributed by atoms with E-state index >= 15 is 0 Å². The van der Waals surface area contributed by atoms with Crippen LogP contribution < -0.4 is 11.4 Å². The monoisotopic (exact) mass is 413 g/mol. The normalized spacial score (nSPS) is 11.2. The van der Waals surface area contributed by atoms with Gasteiger partial charge in [0, 0.05) is 6.54 Å². The molecule has 0 aliphatic heterocycles. The number of fused-ring (bicyclic) bond motifs is 1. The minimum atomic E-state index is -1.21. The van der Waals surface area contributed by atoms with Crippen LogP contribution in [0.25, 0.3) is 28.2 Å². The van der Waals surface area contributed by atoms with Crippen molar-refractivity contribution in [3.63, 3.8) is 0 Å². The minimum Gasteiger partial charge on any atom is -0.364 e. The predicted octanol–water partition coefficient (Wildman–Crippen LogP) is 2.79. The number of halogens is 3. The van der Waals surface area contributed by atoms with Crippen molar-refractivity contribution in [3.05, 3.63) is 76.1 Å². The van der Waals surface area contributed by atoms with E-state index in [1.165, 1.54) is 28.8 Å². The molecule has 0 aliphatic carbocycles. The van der Waals surface area contributed by atoms with E-state index in [1.54, 1.807) is 6.92 Å². The van der Waals surface area contributed by atoms with E-state index in [4.69, 9.17) is 5.73 Å². The van der Waals surface area contributed by atoms with E-state index in [1.807, 2.05) is 0 Å². The molecule has 4 rings (SSSR count). The van der Waals surface area contributed by atoms with Gasteiger partial charge in [0.05, 0.1) is 11.3 Å². The number of nitrogens with two attached hydrogens (primary N) is 1. The lowest BCUT2D eigenvalue weighted by atomic mass is 10.2. The number of carbonyl (C=O) groups is 1. The number of amides is 1. The lowest BCUT2D eigenvalue weighted by Crippen LogP contribution is -2.23. The molecule has 10 heteroatoms. The highest BCUT2D eigenvalue weighted by molar-refractivity contribution is 6.02. The zero-order valence-corrected chi connectivity index (χ0v) is 15.6. The molecular weight excluding hydrogens is 399 g/mol. The molecule has 152 valence electrons. The van der Waals surface area contributed by atoms with Gasteiger partial charge in [0.15, 0.2) is 28.8 Å². The van der Waals surface area contributed by atoms with E-state index < -0.39 is 29.0 Å². The van der Waals surface area contributed by atoms with Crippen LogP contribution in [0.1, 0.15) is 17.4 Å². The van der Waals surface area contributed by atoms with Crippen molar-refractivity contribution in [2.75, 3.05) is 0 Å². The molecule has 0 radical (unpaired) electrons. The van der Waals surface area contributed by atoms with E-state index in [2.05, 4.69) is 9.97 Å². The van der Waals surface area contributed by atoms with Gasteiger partial charge in [-0.1, -0.05) is 6.07 Å². The smallest absolute Gasteiger partial charge is 0.335 e. The number of hydrogen-bond donors (Lipinski definition) is 1. The second-order valence-electron chi connectivity index (χ2n) is 6.37. The highest BCUT2D eigenvalue weighted by Gasteiger charge is 2.25. The molecule has 0 unspecified atom stereocenters. The van der Waals surface area contributed by atoms with Crippen molar-refractivity contribution >= 4 is 17.1 Å². The van der Waals surface area contributed by atoms with Gasteiger partial charge < -0.3 is 5.73 Å². The summed E-state index contributed by atoms with van der Waals surface area (Å²) in [6.45, 7) is 1.82. The molecule has 0 saturated heterocycles. The Labute approximate surface area is 167 Å². The Kier molecular flexibility index (Phi) is 4.61. The number of aryl methyl sites for hydroxylation is 1. The fourth-order valence-electron chi connectivity index (χ4n) is 3.24. The van der Waals surface area contributed by atoms with Gasteiger partial charge in [-0.2, -0.15) is 0 Å². The van der Waals surface area contributed by atoms with Gasteiger partial charge in [-0.3, -0.25) is 9.36 Å². The van der Waals surface area contributed by atoms with Gasteiger partial charge in [0.25, 0.3) is 5.91 Å². The summed E-state index contributed by atoms with van der Waals surface area (Å²) in [6, 6.07) is 8.43. The van der Waals surface area contributed by atoms with Crippen molar-refractivity contribution in [2.45, 2.75) is 13.5 Å². The van der Waals surface area contributed by atoms with Crippen molar-refractivity contribution in [2.24, 2.45) is 5.73 Å². The Bertz CT molecular complexity index is 1360. The molecule has 0 saturated carbocycles. The zero-order chi connectivity index (χ0) is 21.6. The number of aromatic nitrogens is 4. The molecule has 0 spiro atoms. The Morgan fingerprint density at radius 2 is 1.77 bits per heavy atom. The van der Waals surface area contributed by atoms with Crippen LogP contribution in [0.4, 0.5) is 13.2 Å². The Morgan fingerprint density at radius 3 is 2.40 bits per heavy atom. The van der Waals surface area contributed by atoms with E-state index in [-0.39, 0.29) is 40.5 Å². The number of benzene rings is 2. The first-order chi connectivity index (χ1) is 14.3. The molecular formula is C20H14F3N5O2. The lowest BCUT2D eigenvalue weighted by Gasteiger charge is -2.08. The van der Waals surface area contributed by atoms with Gasteiger partial charge >= 0.3 is 5.69 Å². The maximum atomic E-state index is 14.4. The molecule has 30 heavy (non-hydrogen) atoms. The molecule has 4 aromatic rings. The standard InChI is InChI=1S/C20H14F3N5O2/c1-2-27-16-15(17(24)29)25-18(12-4-3-5-13(22)14(12)23)26-19(16)28(20(27)30)11-8-6-10(21)7-9-11/h3-9H,2H2,1H3,(H2,24,29). The third-order valence-corrected chi connectivity index (χ3v) is 4.60. The summed E-state index contributed by atoms with van der Waals surface area (Å²) in [5, 5.41) is 0. The first-order valence-electron chi connectivity index (χ1n) is 8.87. The summed E-state index contributed by atoms with van der Waals surface area (Å²) in [5.41, 5.74) is 4.52. The summed E-state index contributed by atoms with van der Waals surface area (Å²) >= 11 is 0. The summed E-state index contributed by atoms with van der Waals surface area (Å²) in [4.78, 5) is 33.4. The number of nitrogens with zero attached hydrogens (tertiary/aromatic N) is 4. The molecule has 0 fully saturated rings. The highest BCUT2D eigenvalue weighted by atomic mass is 19.2.